The van der Waals surface area contributed by atoms with E-state index in [-0.39, 0.29) is 5.95 Å². The van der Waals surface area contributed by atoms with Crippen LogP contribution < -0.4 is 0 Å². The third-order valence-electron chi connectivity index (χ3n) is 1.53. The Bertz CT molecular complexity index is 335. The van der Waals surface area contributed by atoms with E-state index >= 15 is 0 Å². The van der Waals surface area contributed by atoms with Gasteiger partial charge >= 0.3 is 0 Å². The minimum Gasteiger partial charge on any atom is -0.480 e. The quantitative estimate of drug-likeness (QED) is 0.651. The Morgan fingerprint density at radius 2 is 2.27 bits per heavy atom. The van der Waals surface area contributed by atoms with E-state index in [0.29, 0.717) is 5.56 Å². The Hall–Kier alpha value is -1.64. The molecule has 0 aliphatic rings. The Morgan fingerprint density at radius 3 is 2.82 bits per heavy atom. The fraction of sp³-hybridized carbons (Fsp3) is 0. The molecule has 56 valence electrons. The standard InChI is InChI=1S/C8H7NO2/c10-8-6(3-5-11-8)7-2-1-4-9-7/h1-5,9-10H. The van der Waals surface area contributed by atoms with Crippen molar-refractivity contribution in [1.29, 1.82) is 0 Å². The van der Waals surface area contributed by atoms with Crippen LogP contribution in [0.3, 0.4) is 0 Å². The lowest BCUT2D eigenvalue weighted by atomic mass is 10.2. The molecule has 0 bridgehead atoms. The van der Waals surface area contributed by atoms with Gasteiger partial charge in [0, 0.05) is 6.20 Å². The van der Waals surface area contributed by atoms with Gasteiger partial charge in [0.1, 0.15) is 0 Å². The van der Waals surface area contributed by atoms with E-state index in [9.17, 15) is 0 Å². The SMILES string of the molecule is Oc1occc1-c1ccc[nH]1. The molecule has 0 atom stereocenters. The molecule has 2 rings (SSSR count). The highest BCUT2D eigenvalue weighted by Gasteiger charge is 2.06. The van der Waals surface area contributed by atoms with Crippen molar-refractivity contribution in [3.8, 4) is 17.2 Å². The van der Waals surface area contributed by atoms with E-state index < -0.39 is 0 Å². The molecule has 0 fully saturated rings. The molecular weight excluding hydrogens is 142 g/mol. The summed E-state index contributed by atoms with van der Waals surface area (Å²) < 4.78 is 4.72. The van der Waals surface area contributed by atoms with Crippen molar-refractivity contribution in [3.05, 3.63) is 30.7 Å². The van der Waals surface area contributed by atoms with Crippen molar-refractivity contribution in [2.24, 2.45) is 0 Å². The first-order valence-electron chi connectivity index (χ1n) is 3.28. The average molecular weight is 149 g/mol. The van der Waals surface area contributed by atoms with Crippen molar-refractivity contribution in [3.63, 3.8) is 0 Å². The first-order valence-corrected chi connectivity index (χ1v) is 3.28. The molecule has 0 saturated heterocycles. The van der Waals surface area contributed by atoms with Gasteiger partial charge < -0.3 is 14.5 Å². The second kappa shape index (κ2) is 2.20. The Labute approximate surface area is 63.3 Å². The summed E-state index contributed by atoms with van der Waals surface area (Å²) >= 11 is 0. The topological polar surface area (TPSA) is 49.2 Å². The van der Waals surface area contributed by atoms with Crippen LogP contribution in [0.2, 0.25) is 0 Å². The van der Waals surface area contributed by atoms with Crippen LogP contribution in [-0.4, -0.2) is 10.1 Å². The average Bonchev–Trinajstić information content (AvgIpc) is 2.55. The smallest absolute Gasteiger partial charge is 0.291 e. The number of rotatable bonds is 1. The monoisotopic (exact) mass is 149 g/mol. The Balaban J connectivity index is 2.53. The summed E-state index contributed by atoms with van der Waals surface area (Å²) in [6.45, 7) is 0. The first kappa shape index (κ1) is 6.09. The lowest BCUT2D eigenvalue weighted by Crippen LogP contribution is -1.70. The van der Waals surface area contributed by atoms with Crippen LogP contribution in [0.4, 0.5) is 0 Å². The number of H-pyrrole nitrogens is 1. The molecule has 0 unspecified atom stereocenters. The second-order valence-electron chi connectivity index (χ2n) is 2.22. The van der Waals surface area contributed by atoms with Gasteiger partial charge in [0.15, 0.2) is 0 Å². The van der Waals surface area contributed by atoms with Crippen molar-refractivity contribution < 1.29 is 9.52 Å². The number of hydrogen-bond acceptors (Lipinski definition) is 2. The molecule has 0 spiro atoms. The molecule has 2 N–H and O–H groups in total. The molecule has 0 saturated carbocycles. The van der Waals surface area contributed by atoms with Crippen LogP contribution in [-0.2, 0) is 0 Å². The third kappa shape index (κ3) is 0.902. The van der Waals surface area contributed by atoms with Gasteiger partial charge in [-0.3, -0.25) is 0 Å². The molecule has 11 heavy (non-hydrogen) atoms. The third-order valence-corrected chi connectivity index (χ3v) is 1.53. The normalized spacial score (nSPS) is 10.2. The highest BCUT2D eigenvalue weighted by Crippen LogP contribution is 2.27. The van der Waals surface area contributed by atoms with Crippen LogP contribution in [0.25, 0.3) is 11.3 Å². The van der Waals surface area contributed by atoms with Crippen molar-refractivity contribution >= 4 is 0 Å². The largest absolute Gasteiger partial charge is 0.480 e. The molecule has 2 aromatic rings. The van der Waals surface area contributed by atoms with Crippen molar-refractivity contribution in [1.82, 2.24) is 4.98 Å². The summed E-state index contributed by atoms with van der Waals surface area (Å²) in [4.78, 5) is 2.96. The fourth-order valence-electron chi connectivity index (χ4n) is 1.00. The number of hydrogen-bond donors (Lipinski definition) is 2. The lowest BCUT2D eigenvalue weighted by molar-refractivity contribution is 0.334. The summed E-state index contributed by atoms with van der Waals surface area (Å²) in [5.41, 5.74) is 1.55. The van der Waals surface area contributed by atoms with Crippen LogP contribution >= 0.6 is 0 Å². The van der Waals surface area contributed by atoms with E-state index in [0.717, 1.165) is 5.69 Å². The number of aromatic hydroxyl groups is 1. The van der Waals surface area contributed by atoms with Gasteiger partial charge in [-0.1, -0.05) is 0 Å². The summed E-state index contributed by atoms with van der Waals surface area (Å²) in [6.07, 6.45) is 3.24. The second-order valence-corrected chi connectivity index (χ2v) is 2.22. The van der Waals surface area contributed by atoms with Gasteiger partial charge in [-0.2, -0.15) is 0 Å². The molecule has 3 nitrogen and oxygen atoms in total. The zero-order valence-corrected chi connectivity index (χ0v) is 5.74. The summed E-state index contributed by atoms with van der Waals surface area (Å²) in [6, 6.07) is 5.44. The van der Waals surface area contributed by atoms with E-state index in [2.05, 4.69) is 4.98 Å². The predicted molar refractivity (Wildman–Crippen MR) is 40.2 cm³/mol. The van der Waals surface area contributed by atoms with Crippen LogP contribution in [0, 0.1) is 0 Å². The van der Waals surface area contributed by atoms with E-state index in [1.165, 1.54) is 6.26 Å². The number of aromatic amines is 1. The lowest BCUT2D eigenvalue weighted by Gasteiger charge is -1.90. The minimum absolute atomic E-state index is 0.0487. The molecule has 0 aliphatic carbocycles. The molecule has 2 heterocycles. The van der Waals surface area contributed by atoms with Crippen molar-refractivity contribution in [2.45, 2.75) is 0 Å². The zero-order valence-electron chi connectivity index (χ0n) is 5.74. The molecule has 0 aromatic carbocycles. The molecule has 0 amide bonds. The van der Waals surface area contributed by atoms with E-state index in [4.69, 9.17) is 9.52 Å². The van der Waals surface area contributed by atoms with E-state index in [1.807, 2.05) is 12.1 Å². The van der Waals surface area contributed by atoms with Gasteiger partial charge in [-0.15, -0.1) is 0 Å². The van der Waals surface area contributed by atoms with Gasteiger partial charge in [-0.05, 0) is 18.2 Å². The fourth-order valence-corrected chi connectivity index (χ4v) is 1.00. The zero-order chi connectivity index (χ0) is 7.68. The van der Waals surface area contributed by atoms with Gasteiger partial charge in [-0.25, -0.2) is 0 Å². The molecule has 2 aromatic heterocycles. The van der Waals surface area contributed by atoms with E-state index in [1.54, 1.807) is 12.3 Å². The number of nitrogens with one attached hydrogen (secondary N) is 1. The number of furan rings is 1. The van der Waals surface area contributed by atoms with Crippen molar-refractivity contribution in [2.75, 3.05) is 0 Å². The summed E-state index contributed by atoms with van der Waals surface area (Å²) in [7, 11) is 0. The maximum absolute atomic E-state index is 9.14. The molecular formula is C8H7NO2. The molecule has 0 aliphatic heterocycles. The van der Waals surface area contributed by atoms with Crippen LogP contribution in [0.1, 0.15) is 0 Å². The van der Waals surface area contributed by atoms with Crippen LogP contribution in [0.15, 0.2) is 35.1 Å². The van der Waals surface area contributed by atoms with Gasteiger partial charge in [0.05, 0.1) is 17.5 Å². The minimum atomic E-state index is -0.0487. The summed E-state index contributed by atoms with van der Waals surface area (Å²) in [5, 5.41) is 9.14. The predicted octanol–water partition coefficient (Wildman–Crippen LogP) is 1.98. The maximum Gasteiger partial charge on any atom is 0.291 e. The highest BCUT2D eigenvalue weighted by molar-refractivity contribution is 5.63. The first-order chi connectivity index (χ1) is 5.38. The molecule has 3 heteroatoms. The number of aromatic nitrogens is 1. The van der Waals surface area contributed by atoms with Crippen LogP contribution in [0.5, 0.6) is 5.95 Å². The van der Waals surface area contributed by atoms with Gasteiger partial charge in [0.2, 0.25) is 0 Å². The summed E-state index contributed by atoms with van der Waals surface area (Å²) in [5.74, 6) is -0.0487. The highest BCUT2D eigenvalue weighted by atomic mass is 16.5. The Kier molecular flexibility index (Phi) is 1.22. The molecule has 0 radical (unpaired) electrons. The van der Waals surface area contributed by atoms with Gasteiger partial charge in [0.25, 0.3) is 5.95 Å². The maximum atomic E-state index is 9.14. The Morgan fingerprint density at radius 1 is 1.36 bits per heavy atom.